The zero-order valence-electron chi connectivity index (χ0n) is 8.20. The van der Waals surface area contributed by atoms with Crippen LogP contribution in [-0.4, -0.2) is 5.78 Å². The standard InChI is InChI=1S/C13H14O/c14-11-5-10-12-6-1-3-8-13(11,12)9-4-2-7-12/h1-5,10H,6-9H2. The van der Waals surface area contributed by atoms with Crippen LogP contribution in [0.1, 0.15) is 25.7 Å². The predicted octanol–water partition coefficient (Wildman–Crippen LogP) is 2.80. The molecule has 0 aromatic heterocycles. The van der Waals surface area contributed by atoms with Crippen molar-refractivity contribution in [3.63, 3.8) is 0 Å². The molecule has 0 aliphatic heterocycles. The van der Waals surface area contributed by atoms with Gasteiger partial charge in [0.2, 0.25) is 0 Å². The van der Waals surface area contributed by atoms with Crippen molar-refractivity contribution in [3.8, 4) is 0 Å². The number of ketones is 1. The molecule has 0 saturated carbocycles. The van der Waals surface area contributed by atoms with Gasteiger partial charge in [-0.2, -0.15) is 0 Å². The highest BCUT2D eigenvalue weighted by molar-refractivity contribution is 5.99. The molecule has 0 atom stereocenters. The molecule has 0 fully saturated rings. The molecule has 72 valence electrons. The first kappa shape index (κ1) is 8.22. The first-order valence-corrected chi connectivity index (χ1v) is 5.33. The van der Waals surface area contributed by atoms with E-state index in [9.17, 15) is 4.79 Å². The summed E-state index contributed by atoms with van der Waals surface area (Å²) in [7, 11) is 0. The molecule has 0 N–H and O–H groups in total. The lowest BCUT2D eigenvalue weighted by atomic mass is 9.54. The van der Waals surface area contributed by atoms with E-state index < -0.39 is 0 Å². The zero-order chi connectivity index (χ0) is 9.65. The minimum Gasteiger partial charge on any atom is -0.294 e. The van der Waals surface area contributed by atoms with Crippen LogP contribution in [0.5, 0.6) is 0 Å². The maximum Gasteiger partial charge on any atom is 0.163 e. The summed E-state index contributed by atoms with van der Waals surface area (Å²) in [6.45, 7) is 0. The Balaban J connectivity index is 2.18. The number of hydrogen-bond acceptors (Lipinski definition) is 1. The van der Waals surface area contributed by atoms with Crippen LogP contribution in [0.2, 0.25) is 0 Å². The summed E-state index contributed by atoms with van der Waals surface area (Å²) >= 11 is 0. The second-order valence-electron chi connectivity index (χ2n) is 4.70. The van der Waals surface area contributed by atoms with Gasteiger partial charge in [0.25, 0.3) is 0 Å². The molecule has 3 aliphatic carbocycles. The Morgan fingerprint density at radius 2 is 1.50 bits per heavy atom. The van der Waals surface area contributed by atoms with E-state index in [-0.39, 0.29) is 10.8 Å². The summed E-state index contributed by atoms with van der Waals surface area (Å²) in [5, 5.41) is 0. The van der Waals surface area contributed by atoms with Gasteiger partial charge in [0.15, 0.2) is 5.78 Å². The highest BCUT2D eigenvalue weighted by Gasteiger charge is 2.56. The first-order chi connectivity index (χ1) is 6.79. The van der Waals surface area contributed by atoms with Crippen LogP contribution < -0.4 is 0 Å². The third-order valence-electron chi connectivity index (χ3n) is 4.21. The van der Waals surface area contributed by atoms with Crippen LogP contribution in [0.25, 0.3) is 0 Å². The molecular weight excluding hydrogens is 172 g/mol. The molecule has 0 heterocycles. The van der Waals surface area contributed by atoms with Gasteiger partial charge in [0, 0.05) is 10.8 Å². The van der Waals surface area contributed by atoms with E-state index in [2.05, 4.69) is 30.4 Å². The van der Waals surface area contributed by atoms with Crippen LogP contribution >= 0.6 is 0 Å². The third-order valence-corrected chi connectivity index (χ3v) is 4.21. The van der Waals surface area contributed by atoms with E-state index in [1.165, 1.54) is 0 Å². The van der Waals surface area contributed by atoms with Gasteiger partial charge in [-0.05, 0) is 31.8 Å². The van der Waals surface area contributed by atoms with E-state index in [4.69, 9.17) is 0 Å². The van der Waals surface area contributed by atoms with Crippen LogP contribution in [0.15, 0.2) is 36.5 Å². The van der Waals surface area contributed by atoms with Crippen molar-refractivity contribution in [2.24, 2.45) is 10.8 Å². The van der Waals surface area contributed by atoms with Crippen molar-refractivity contribution in [2.75, 3.05) is 0 Å². The minimum atomic E-state index is -0.101. The van der Waals surface area contributed by atoms with Gasteiger partial charge in [0.05, 0.1) is 0 Å². The lowest BCUT2D eigenvalue weighted by molar-refractivity contribution is -0.128. The summed E-state index contributed by atoms with van der Waals surface area (Å²) in [5.74, 6) is 0.353. The molecule has 1 nitrogen and oxygen atoms in total. The Morgan fingerprint density at radius 3 is 2.07 bits per heavy atom. The SMILES string of the molecule is O=C1C=CC23CC=CCC12CC=CC3. The Kier molecular flexibility index (Phi) is 1.45. The molecule has 0 aromatic rings. The molecule has 0 unspecified atom stereocenters. The molecule has 3 rings (SSSR count). The normalized spacial score (nSPS) is 43.9. The topological polar surface area (TPSA) is 17.1 Å². The van der Waals surface area contributed by atoms with Crippen molar-refractivity contribution in [1.82, 2.24) is 0 Å². The van der Waals surface area contributed by atoms with Gasteiger partial charge >= 0.3 is 0 Å². The zero-order valence-corrected chi connectivity index (χ0v) is 8.20. The molecule has 0 bridgehead atoms. The van der Waals surface area contributed by atoms with Gasteiger partial charge < -0.3 is 0 Å². The summed E-state index contributed by atoms with van der Waals surface area (Å²) < 4.78 is 0. The summed E-state index contributed by atoms with van der Waals surface area (Å²) in [6.07, 6.45) is 16.8. The van der Waals surface area contributed by atoms with Crippen molar-refractivity contribution in [1.29, 1.82) is 0 Å². The molecule has 0 radical (unpaired) electrons. The van der Waals surface area contributed by atoms with E-state index in [0.29, 0.717) is 5.78 Å². The lowest BCUT2D eigenvalue weighted by Crippen LogP contribution is -2.44. The smallest absolute Gasteiger partial charge is 0.163 e. The van der Waals surface area contributed by atoms with Crippen molar-refractivity contribution < 1.29 is 4.79 Å². The summed E-state index contributed by atoms with van der Waals surface area (Å²) in [4.78, 5) is 12.0. The average Bonchev–Trinajstić information content (AvgIpc) is 2.54. The number of rotatable bonds is 0. The van der Waals surface area contributed by atoms with Crippen molar-refractivity contribution >= 4 is 5.78 Å². The Hall–Kier alpha value is -1.11. The monoisotopic (exact) mass is 186 g/mol. The van der Waals surface area contributed by atoms with Crippen LogP contribution in [-0.2, 0) is 4.79 Å². The number of carbonyl (C=O) groups is 1. The second-order valence-corrected chi connectivity index (χ2v) is 4.70. The van der Waals surface area contributed by atoms with E-state index in [1.807, 2.05) is 6.08 Å². The second kappa shape index (κ2) is 2.47. The predicted molar refractivity (Wildman–Crippen MR) is 55.8 cm³/mol. The highest BCUT2D eigenvalue weighted by Crippen LogP contribution is 2.59. The molecular formula is C13H14O. The van der Waals surface area contributed by atoms with E-state index in [1.54, 1.807) is 0 Å². The van der Waals surface area contributed by atoms with Gasteiger partial charge in [-0.1, -0.05) is 30.4 Å². The van der Waals surface area contributed by atoms with Crippen LogP contribution in [0.4, 0.5) is 0 Å². The van der Waals surface area contributed by atoms with Crippen molar-refractivity contribution in [3.05, 3.63) is 36.5 Å². The largest absolute Gasteiger partial charge is 0.294 e. The fraction of sp³-hybridized carbons (Fsp3) is 0.462. The average molecular weight is 186 g/mol. The third kappa shape index (κ3) is 0.742. The minimum absolute atomic E-state index is 0.101. The summed E-state index contributed by atoms with van der Waals surface area (Å²) in [6, 6.07) is 0. The molecule has 0 amide bonds. The maximum absolute atomic E-state index is 12.0. The quantitative estimate of drug-likeness (QED) is 0.532. The van der Waals surface area contributed by atoms with Crippen LogP contribution in [0.3, 0.4) is 0 Å². The molecule has 3 aliphatic rings. The number of allylic oxidation sites excluding steroid dienone is 6. The van der Waals surface area contributed by atoms with Gasteiger partial charge in [-0.25, -0.2) is 0 Å². The maximum atomic E-state index is 12.0. The van der Waals surface area contributed by atoms with Gasteiger partial charge in [0.1, 0.15) is 0 Å². The fourth-order valence-corrected chi connectivity index (χ4v) is 3.26. The molecule has 0 aromatic carbocycles. The lowest BCUT2D eigenvalue weighted by Gasteiger charge is -2.47. The Labute approximate surface area is 84.2 Å². The van der Waals surface area contributed by atoms with Crippen molar-refractivity contribution in [2.45, 2.75) is 25.7 Å². The number of carbonyl (C=O) groups excluding carboxylic acids is 1. The van der Waals surface area contributed by atoms with E-state index in [0.717, 1.165) is 25.7 Å². The fourth-order valence-electron chi connectivity index (χ4n) is 3.26. The first-order valence-electron chi connectivity index (χ1n) is 5.33. The van der Waals surface area contributed by atoms with E-state index >= 15 is 0 Å². The summed E-state index contributed by atoms with van der Waals surface area (Å²) in [5.41, 5.74) is 0.0318. The highest BCUT2D eigenvalue weighted by atomic mass is 16.1. The van der Waals surface area contributed by atoms with Crippen LogP contribution in [0, 0.1) is 10.8 Å². The van der Waals surface area contributed by atoms with Gasteiger partial charge in [-0.3, -0.25) is 4.79 Å². The molecule has 0 spiro atoms. The molecule has 1 heteroatoms. The number of hydrogen-bond donors (Lipinski definition) is 0. The Bertz CT molecular complexity index is 353. The van der Waals surface area contributed by atoms with Gasteiger partial charge in [-0.15, -0.1) is 0 Å². The molecule has 14 heavy (non-hydrogen) atoms. The Morgan fingerprint density at radius 1 is 0.929 bits per heavy atom. The molecule has 0 saturated heterocycles.